The fourth-order valence-electron chi connectivity index (χ4n) is 2.97. The van der Waals surface area contributed by atoms with Gasteiger partial charge in [0.15, 0.2) is 0 Å². The van der Waals surface area contributed by atoms with Crippen LogP contribution >= 0.6 is 11.3 Å². The lowest BCUT2D eigenvalue weighted by molar-refractivity contribution is 0.603. The van der Waals surface area contributed by atoms with E-state index in [2.05, 4.69) is 16.9 Å². The van der Waals surface area contributed by atoms with Crippen molar-refractivity contribution in [2.75, 3.05) is 4.72 Å². The quantitative estimate of drug-likeness (QED) is 0.599. The van der Waals surface area contributed by atoms with E-state index in [1.165, 1.54) is 28.0 Å². The Bertz CT molecular complexity index is 1000. The summed E-state index contributed by atoms with van der Waals surface area (Å²) in [4.78, 5) is 0.981. The van der Waals surface area contributed by atoms with Gasteiger partial charge in [-0.3, -0.25) is 4.72 Å². The van der Waals surface area contributed by atoms with Gasteiger partial charge in [-0.15, -0.1) is 11.3 Å². The number of nitrogens with one attached hydrogen (secondary N) is 1. The second-order valence-corrected chi connectivity index (χ2v) is 8.87. The molecule has 1 aliphatic carbocycles. The van der Waals surface area contributed by atoms with Gasteiger partial charge in [0, 0.05) is 10.6 Å². The van der Waals surface area contributed by atoms with Crippen LogP contribution < -0.4 is 4.72 Å². The molecule has 0 radical (unpaired) electrons. The predicted octanol–water partition coefficient (Wildman–Crippen LogP) is 4.43. The van der Waals surface area contributed by atoms with E-state index in [9.17, 15) is 8.42 Å². The molecule has 0 spiro atoms. The molecule has 0 bridgehead atoms. The van der Waals surface area contributed by atoms with E-state index in [0.717, 1.165) is 16.9 Å². The van der Waals surface area contributed by atoms with Crippen LogP contribution in [0, 0.1) is 6.92 Å². The zero-order valence-corrected chi connectivity index (χ0v) is 14.2. The number of hydrogen-bond acceptors (Lipinski definition) is 3. The molecule has 23 heavy (non-hydrogen) atoms. The number of rotatable bonds is 3. The first-order valence-electron chi connectivity index (χ1n) is 7.33. The third-order valence-electron chi connectivity index (χ3n) is 4.03. The Labute approximate surface area is 139 Å². The molecule has 0 unspecified atom stereocenters. The molecule has 3 aromatic rings. The zero-order valence-electron chi connectivity index (χ0n) is 12.5. The minimum Gasteiger partial charge on any atom is -0.279 e. The van der Waals surface area contributed by atoms with Gasteiger partial charge < -0.3 is 0 Å². The molecule has 1 heterocycles. The Morgan fingerprint density at radius 1 is 0.957 bits per heavy atom. The Morgan fingerprint density at radius 2 is 1.74 bits per heavy atom. The number of aryl methyl sites for hydroxylation is 1. The van der Waals surface area contributed by atoms with E-state index in [4.69, 9.17) is 0 Å². The van der Waals surface area contributed by atoms with Gasteiger partial charge in [-0.2, -0.15) is 0 Å². The van der Waals surface area contributed by atoms with Gasteiger partial charge in [0.2, 0.25) is 0 Å². The third kappa shape index (κ3) is 2.56. The molecule has 116 valence electrons. The highest BCUT2D eigenvalue weighted by Crippen LogP contribution is 2.38. The van der Waals surface area contributed by atoms with Crippen LogP contribution in [-0.4, -0.2) is 8.42 Å². The molecule has 0 amide bonds. The summed E-state index contributed by atoms with van der Waals surface area (Å²) in [6.45, 7) is 1.90. The molecule has 1 aliphatic rings. The van der Waals surface area contributed by atoms with Crippen molar-refractivity contribution in [3.05, 3.63) is 70.6 Å². The summed E-state index contributed by atoms with van der Waals surface area (Å²) < 4.78 is 27.9. The Kier molecular flexibility index (Phi) is 3.28. The van der Waals surface area contributed by atoms with Gasteiger partial charge in [-0.05, 0) is 59.9 Å². The second kappa shape index (κ2) is 5.22. The summed E-state index contributed by atoms with van der Waals surface area (Å²) >= 11 is 1.28. The van der Waals surface area contributed by atoms with Crippen molar-refractivity contribution < 1.29 is 8.42 Å². The molecule has 0 atom stereocenters. The molecule has 1 N–H and O–H groups in total. The maximum atomic E-state index is 12.4. The molecule has 4 rings (SSSR count). The summed E-state index contributed by atoms with van der Waals surface area (Å²) in [5.74, 6) is 0. The van der Waals surface area contributed by atoms with E-state index >= 15 is 0 Å². The number of hydrogen-bond donors (Lipinski definition) is 1. The molecular formula is C18H15NO2S2. The molecular weight excluding hydrogens is 326 g/mol. The largest absolute Gasteiger partial charge is 0.279 e. The van der Waals surface area contributed by atoms with Crippen LogP contribution in [0.3, 0.4) is 0 Å². The molecule has 1 aromatic heterocycles. The molecule has 0 fully saturated rings. The predicted molar refractivity (Wildman–Crippen MR) is 94.5 cm³/mol. The highest BCUT2D eigenvalue weighted by molar-refractivity contribution is 7.94. The van der Waals surface area contributed by atoms with Gasteiger partial charge in [0.1, 0.15) is 4.21 Å². The molecule has 5 heteroatoms. The van der Waals surface area contributed by atoms with Crippen LogP contribution in [-0.2, 0) is 16.4 Å². The Hall–Kier alpha value is -2.11. The van der Waals surface area contributed by atoms with Crippen LogP contribution in [0.1, 0.15) is 16.0 Å². The maximum Gasteiger partial charge on any atom is 0.271 e. The Balaban J connectivity index is 1.67. The molecule has 3 nitrogen and oxygen atoms in total. The van der Waals surface area contributed by atoms with Crippen LogP contribution in [0.15, 0.2) is 58.8 Å². The third-order valence-corrected chi connectivity index (χ3v) is 6.90. The summed E-state index contributed by atoms with van der Waals surface area (Å²) in [7, 11) is -3.51. The van der Waals surface area contributed by atoms with Crippen molar-refractivity contribution in [1.82, 2.24) is 0 Å². The average molecular weight is 341 g/mol. The number of anilines is 1. The van der Waals surface area contributed by atoms with Crippen molar-refractivity contribution >= 4 is 27.0 Å². The number of sulfonamides is 1. The topological polar surface area (TPSA) is 46.2 Å². The van der Waals surface area contributed by atoms with Gasteiger partial charge in [-0.25, -0.2) is 8.42 Å². The SMILES string of the molecule is Cc1ccc(S(=O)(=O)Nc2ccc3c(c2)Cc2ccccc2-3)s1. The van der Waals surface area contributed by atoms with Crippen LogP contribution in [0.2, 0.25) is 0 Å². The van der Waals surface area contributed by atoms with E-state index in [1.807, 2.05) is 43.3 Å². The van der Waals surface area contributed by atoms with Gasteiger partial charge in [-0.1, -0.05) is 30.3 Å². The summed E-state index contributed by atoms with van der Waals surface area (Å²) in [6.07, 6.45) is 0.846. The fraction of sp³-hybridized carbons (Fsp3) is 0.111. The Morgan fingerprint density at radius 3 is 2.52 bits per heavy atom. The smallest absolute Gasteiger partial charge is 0.271 e. The molecule has 0 saturated heterocycles. The van der Waals surface area contributed by atoms with E-state index in [-0.39, 0.29) is 0 Å². The normalized spacial score (nSPS) is 12.7. The van der Waals surface area contributed by atoms with E-state index in [1.54, 1.807) is 6.07 Å². The van der Waals surface area contributed by atoms with Gasteiger partial charge >= 0.3 is 0 Å². The standard InChI is InChI=1S/C18H15NO2S2/c1-12-6-9-18(22-12)23(20,21)19-15-7-8-17-14(11-15)10-13-4-2-3-5-16(13)17/h2-9,11,19H,10H2,1H3. The highest BCUT2D eigenvalue weighted by atomic mass is 32.2. The lowest BCUT2D eigenvalue weighted by Crippen LogP contribution is -2.11. The van der Waals surface area contributed by atoms with Crippen molar-refractivity contribution in [1.29, 1.82) is 0 Å². The van der Waals surface area contributed by atoms with E-state index < -0.39 is 10.0 Å². The number of benzene rings is 2. The number of fused-ring (bicyclic) bond motifs is 3. The van der Waals surface area contributed by atoms with Crippen molar-refractivity contribution in [2.24, 2.45) is 0 Å². The van der Waals surface area contributed by atoms with E-state index in [0.29, 0.717) is 9.90 Å². The maximum absolute atomic E-state index is 12.4. The highest BCUT2D eigenvalue weighted by Gasteiger charge is 2.20. The summed E-state index contributed by atoms with van der Waals surface area (Å²) in [5.41, 5.74) is 5.49. The van der Waals surface area contributed by atoms with Crippen LogP contribution in [0.25, 0.3) is 11.1 Å². The minimum absolute atomic E-state index is 0.346. The first-order chi connectivity index (χ1) is 11.0. The molecule has 2 aromatic carbocycles. The fourth-order valence-corrected chi connectivity index (χ4v) is 5.30. The van der Waals surface area contributed by atoms with Crippen molar-refractivity contribution in [3.63, 3.8) is 0 Å². The first-order valence-corrected chi connectivity index (χ1v) is 9.63. The van der Waals surface area contributed by atoms with Gasteiger partial charge in [0.25, 0.3) is 10.0 Å². The summed E-state index contributed by atoms with van der Waals surface area (Å²) in [5, 5.41) is 0. The monoisotopic (exact) mass is 341 g/mol. The van der Waals surface area contributed by atoms with Gasteiger partial charge in [0.05, 0.1) is 0 Å². The first kappa shape index (κ1) is 14.5. The second-order valence-electron chi connectivity index (χ2n) is 5.68. The number of thiophene rings is 1. The summed E-state index contributed by atoms with van der Waals surface area (Å²) in [6, 6.07) is 17.5. The van der Waals surface area contributed by atoms with Crippen molar-refractivity contribution in [3.8, 4) is 11.1 Å². The molecule has 0 aliphatic heterocycles. The van der Waals surface area contributed by atoms with Crippen LogP contribution in [0.5, 0.6) is 0 Å². The average Bonchev–Trinajstić information content (AvgIpc) is 3.10. The molecule has 0 saturated carbocycles. The van der Waals surface area contributed by atoms with Crippen LogP contribution in [0.4, 0.5) is 5.69 Å². The zero-order chi connectivity index (χ0) is 16.0. The lowest BCUT2D eigenvalue weighted by Gasteiger charge is -2.08. The minimum atomic E-state index is -3.51. The lowest BCUT2D eigenvalue weighted by atomic mass is 10.1. The van der Waals surface area contributed by atoms with Crippen molar-refractivity contribution in [2.45, 2.75) is 17.6 Å².